The minimum absolute atomic E-state index is 0.221. The fourth-order valence-corrected chi connectivity index (χ4v) is 4.16. The van der Waals surface area contributed by atoms with Crippen molar-refractivity contribution in [2.45, 2.75) is 47.0 Å². The minimum Gasteiger partial charge on any atom is -0.478 e. The van der Waals surface area contributed by atoms with Crippen LogP contribution in [0.25, 0.3) is 0 Å². The third-order valence-corrected chi connectivity index (χ3v) is 5.16. The maximum absolute atomic E-state index is 11.5. The Hall–Kier alpha value is -1.36. The van der Waals surface area contributed by atoms with E-state index < -0.39 is 5.97 Å². The van der Waals surface area contributed by atoms with E-state index in [1.807, 2.05) is 0 Å². The van der Waals surface area contributed by atoms with Crippen molar-refractivity contribution >= 4 is 28.2 Å². The maximum Gasteiger partial charge on any atom is 0.339 e. The Morgan fingerprint density at radius 2 is 2.00 bits per heavy atom. The van der Waals surface area contributed by atoms with E-state index in [0.29, 0.717) is 16.5 Å². The molecule has 0 saturated carbocycles. The lowest BCUT2D eigenvalue weighted by Crippen LogP contribution is -2.26. The molecule has 0 aliphatic heterocycles. The van der Waals surface area contributed by atoms with Crippen LogP contribution in [0.2, 0.25) is 0 Å². The van der Waals surface area contributed by atoms with Crippen LogP contribution in [-0.2, 0) is 17.6 Å². The van der Waals surface area contributed by atoms with E-state index in [4.69, 9.17) is 0 Å². The van der Waals surface area contributed by atoms with E-state index in [1.165, 1.54) is 18.3 Å². The number of rotatable bonds is 2. The fourth-order valence-electron chi connectivity index (χ4n) is 2.80. The first-order valence-corrected chi connectivity index (χ1v) is 7.67. The third kappa shape index (κ3) is 2.87. The van der Waals surface area contributed by atoms with E-state index in [9.17, 15) is 14.7 Å². The summed E-state index contributed by atoms with van der Waals surface area (Å²) in [5.41, 5.74) is 1.44. The highest BCUT2D eigenvalue weighted by Gasteiger charge is 2.33. The molecule has 0 radical (unpaired) electrons. The van der Waals surface area contributed by atoms with Crippen molar-refractivity contribution < 1.29 is 14.7 Å². The van der Waals surface area contributed by atoms with E-state index in [-0.39, 0.29) is 11.3 Å². The number of thiophene rings is 1. The summed E-state index contributed by atoms with van der Waals surface area (Å²) in [4.78, 5) is 23.8. The molecule has 1 atom stereocenters. The Balaban J connectivity index is 2.39. The SMILES string of the molecule is CC(=O)Nc1sc2c(c1C(=O)O)CCC(C(C)(C)C)C2. The number of carboxylic acid groups (broad SMARTS) is 1. The smallest absolute Gasteiger partial charge is 0.339 e. The summed E-state index contributed by atoms with van der Waals surface area (Å²) in [7, 11) is 0. The standard InChI is InChI=1S/C15H21NO3S/c1-8(17)16-13-12(14(18)19)10-6-5-9(15(2,3)4)7-11(10)20-13/h9H,5-7H2,1-4H3,(H,16,17)(H,18,19). The molecule has 0 spiro atoms. The summed E-state index contributed by atoms with van der Waals surface area (Å²) in [6, 6.07) is 0. The lowest BCUT2D eigenvalue weighted by molar-refractivity contribution is -0.114. The van der Waals surface area contributed by atoms with Crippen molar-refractivity contribution in [3.05, 3.63) is 16.0 Å². The molecule has 0 saturated heterocycles. The van der Waals surface area contributed by atoms with Gasteiger partial charge in [-0.2, -0.15) is 0 Å². The lowest BCUT2D eigenvalue weighted by atomic mass is 9.72. The molecule has 1 aliphatic carbocycles. The van der Waals surface area contributed by atoms with Gasteiger partial charge in [-0.3, -0.25) is 4.79 Å². The van der Waals surface area contributed by atoms with Gasteiger partial charge in [0.25, 0.3) is 0 Å². The number of nitrogens with one attached hydrogen (secondary N) is 1. The first kappa shape index (κ1) is 15.0. The first-order chi connectivity index (χ1) is 9.20. The Kier molecular flexibility index (Phi) is 3.91. The van der Waals surface area contributed by atoms with Crippen LogP contribution in [-0.4, -0.2) is 17.0 Å². The highest BCUT2D eigenvalue weighted by Crippen LogP contribution is 2.44. The Morgan fingerprint density at radius 1 is 1.35 bits per heavy atom. The monoisotopic (exact) mass is 295 g/mol. The molecule has 1 aliphatic rings. The molecule has 0 bridgehead atoms. The Morgan fingerprint density at radius 3 is 2.50 bits per heavy atom. The van der Waals surface area contributed by atoms with Crippen LogP contribution in [0, 0.1) is 11.3 Å². The summed E-state index contributed by atoms with van der Waals surface area (Å²) >= 11 is 1.43. The maximum atomic E-state index is 11.5. The normalized spacial score (nSPS) is 18.5. The molecular formula is C15H21NO3S. The molecule has 0 fully saturated rings. The van der Waals surface area contributed by atoms with E-state index in [0.717, 1.165) is 29.7 Å². The zero-order chi connectivity index (χ0) is 15.1. The van der Waals surface area contributed by atoms with Gasteiger partial charge >= 0.3 is 5.97 Å². The molecule has 0 aromatic carbocycles. The van der Waals surface area contributed by atoms with Crippen LogP contribution >= 0.6 is 11.3 Å². The first-order valence-electron chi connectivity index (χ1n) is 6.85. The highest BCUT2D eigenvalue weighted by molar-refractivity contribution is 7.17. The number of hydrogen-bond donors (Lipinski definition) is 2. The van der Waals surface area contributed by atoms with Gasteiger partial charge in [0.1, 0.15) is 5.00 Å². The second-order valence-electron chi connectivity index (χ2n) is 6.50. The van der Waals surface area contributed by atoms with E-state index in [1.54, 1.807) is 0 Å². The van der Waals surface area contributed by atoms with Gasteiger partial charge < -0.3 is 10.4 Å². The van der Waals surface area contributed by atoms with Gasteiger partial charge in [0.15, 0.2) is 0 Å². The van der Waals surface area contributed by atoms with Crippen LogP contribution in [0.4, 0.5) is 5.00 Å². The van der Waals surface area contributed by atoms with Crippen LogP contribution in [0.15, 0.2) is 0 Å². The topological polar surface area (TPSA) is 66.4 Å². The van der Waals surface area contributed by atoms with Gasteiger partial charge in [-0.1, -0.05) is 20.8 Å². The molecule has 20 heavy (non-hydrogen) atoms. The molecule has 1 aromatic heterocycles. The predicted octanol–water partition coefficient (Wildman–Crippen LogP) is 3.56. The third-order valence-electron chi connectivity index (χ3n) is 3.99. The van der Waals surface area contributed by atoms with Gasteiger partial charge in [-0.15, -0.1) is 11.3 Å². The second-order valence-corrected chi connectivity index (χ2v) is 7.61. The summed E-state index contributed by atoms with van der Waals surface area (Å²) in [5, 5.41) is 12.6. The lowest BCUT2D eigenvalue weighted by Gasteiger charge is -2.33. The Bertz CT molecular complexity index is 554. The summed E-state index contributed by atoms with van der Waals surface area (Å²) < 4.78 is 0. The zero-order valence-corrected chi connectivity index (χ0v) is 13.2. The van der Waals surface area contributed by atoms with Crippen molar-refractivity contribution in [3.8, 4) is 0 Å². The summed E-state index contributed by atoms with van der Waals surface area (Å²) in [6.07, 6.45) is 2.70. The molecule has 4 nitrogen and oxygen atoms in total. The number of fused-ring (bicyclic) bond motifs is 1. The summed E-state index contributed by atoms with van der Waals surface area (Å²) in [6.45, 7) is 8.08. The van der Waals surface area contributed by atoms with Gasteiger partial charge in [0.2, 0.25) is 5.91 Å². The van der Waals surface area contributed by atoms with Gasteiger partial charge in [-0.25, -0.2) is 4.79 Å². The van der Waals surface area contributed by atoms with Crippen LogP contribution in [0.5, 0.6) is 0 Å². The molecule has 2 rings (SSSR count). The molecular weight excluding hydrogens is 274 g/mol. The van der Waals surface area contributed by atoms with Crippen LogP contribution in [0.3, 0.4) is 0 Å². The van der Waals surface area contributed by atoms with Crippen LogP contribution in [0.1, 0.15) is 54.9 Å². The number of carbonyl (C=O) groups excluding carboxylic acids is 1. The van der Waals surface area contributed by atoms with Gasteiger partial charge in [-0.05, 0) is 36.2 Å². The van der Waals surface area contributed by atoms with Crippen LogP contribution < -0.4 is 5.32 Å². The van der Waals surface area contributed by atoms with E-state index >= 15 is 0 Å². The molecule has 2 N–H and O–H groups in total. The van der Waals surface area contributed by atoms with Gasteiger partial charge in [0, 0.05) is 11.8 Å². The molecule has 1 aromatic rings. The Labute approximate surface area is 123 Å². The average Bonchev–Trinajstić information content (AvgIpc) is 2.63. The molecule has 1 unspecified atom stereocenters. The number of carbonyl (C=O) groups is 2. The molecule has 110 valence electrons. The quantitative estimate of drug-likeness (QED) is 0.876. The number of hydrogen-bond acceptors (Lipinski definition) is 3. The number of aromatic carboxylic acids is 1. The molecule has 1 heterocycles. The summed E-state index contributed by atoms with van der Waals surface area (Å²) in [5.74, 6) is -0.612. The second kappa shape index (κ2) is 5.20. The average molecular weight is 295 g/mol. The molecule has 1 amide bonds. The largest absolute Gasteiger partial charge is 0.478 e. The highest BCUT2D eigenvalue weighted by atomic mass is 32.1. The van der Waals surface area contributed by atoms with Crippen molar-refractivity contribution in [2.75, 3.05) is 5.32 Å². The fraction of sp³-hybridized carbons (Fsp3) is 0.600. The van der Waals surface area contributed by atoms with Crippen molar-refractivity contribution in [2.24, 2.45) is 11.3 Å². The number of anilines is 1. The number of carboxylic acids is 1. The predicted molar refractivity (Wildman–Crippen MR) is 80.6 cm³/mol. The van der Waals surface area contributed by atoms with E-state index in [2.05, 4.69) is 26.1 Å². The number of amides is 1. The van der Waals surface area contributed by atoms with Crippen molar-refractivity contribution in [1.29, 1.82) is 0 Å². The van der Waals surface area contributed by atoms with Gasteiger partial charge in [0.05, 0.1) is 5.56 Å². The van der Waals surface area contributed by atoms with Crippen molar-refractivity contribution in [1.82, 2.24) is 0 Å². The zero-order valence-electron chi connectivity index (χ0n) is 12.4. The van der Waals surface area contributed by atoms with Crippen molar-refractivity contribution in [3.63, 3.8) is 0 Å². The molecule has 5 heteroatoms. The minimum atomic E-state index is -0.944.